The zero-order chi connectivity index (χ0) is 21.4. The summed E-state index contributed by atoms with van der Waals surface area (Å²) in [6.45, 7) is 4.07. The first-order valence-electron chi connectivity index (χ1n) is 10.7. The van der Waals surface area contributed by atoms with Crippen LogP contribution in [-0.4, -0.2) is 21.0 Å². The van der Waals surface area contributed by atoms with Crippen LogP contribution in [0.25, 0.3) is 22.2 Å². The van der Waals surface area contributed by atoms with Gasteiger partial charge in [0.05, 0.1) is 16.8 Å². The van der Waals surface area contributed by atoms with Gasteiger partial charge >= 0.3 is 0 Å². The van der Waals surface area contributed by atoms with Crippen LogP contribution in [0.3, 0.4) is 0 Å². The van der Waals surface area contributed by atoms with Gasteiger partial charge in [0.2, 0.25) is 5.89 Å². The van der Waals surface area contributed by atoms with Gasteiger partial charge in [-0.25, -0.2) is 4.98 Å². The molecule has 6 heteroatoms. The Morgan fingerprint density at radius 3 is 2.52 bits per heavy atom. The molecule has 1 fully saturated rings. The van der Waals surface area contributed by atoms with E-state index in [0.717, 1.165) is 40.8 Å². The molecule has 0 radical (unpaired) electrons. The number of carbonyl (C=O) groups is 1. The van der Waals surface area contributed by atoms with Crippen molar-refractivity contribution in [1.82, 2.24) is 20.4 Å². The van der Waals surface area contributed by atoms with Gasteiger partial charge < -0.3 is 9.84 Å². The molecule has 0 spiro atoms. The van der Waals surface area contributed by atoms with Gasteiger partial charge in [-0.2, -0.15) is 4.98 Å². The van der Waals surface area contributed by atoms with Gasteiger partial charge in [-0.05, 0) is 30.9 Å². The number of pyridine rings is 1. The van der Waals surface area contributed by atoms with Crippen molar-refractivity contribution in [3.63, 3.8) is 0 Å². The molecular weight excluding hydrogens is 388 g/mol. The molecule has 1 N–H and O–H groups in total. The molecule has 2 aromatic carbocycles. The Labute approximate surface area is 180 Å². The van der Waals surface area contributed by atoms with E-state index in [1.165, 1.54) is 0 Å². The second-order valence-electron chi connectivity index (χ2n) is 8.40. The summed E-state index contributed by atoms with van der Waals surface area (Å²) >= 11 is 0. The summed E-state index contributed by atoms with van der Waals surface area (Å²) in [5, 5.41) is 8.06. The van der Waals surface area contributed by atoms with Crippen molar-refractivity contribution >= 4 is 16.8 Å². The van der Waals surface area contributed by atoms with Crippen molar-refractivity contribution < 1.29 is 9.32 Å². The molecular formula is C25H24N4O2. The Balaban J connectivity index is 1.51. The van der Waals surface area contributed by atoms with E-state index in [1.807, 2.05) is 74.5 Å². The van der Waals surface area contributed by atoms with E-state index < -0.39 is 0 Å². The lowest BCUT2D eigenvalue weighted by atomic mass is 10.0. The molecule has 1 atom stereocenters. The summed E-state index contributed by atoms with van der Waals surface area (Å²) in [4.78, 5) is 22.8. The molecule has 0 saturated heterocycles. The first kappa shape index (κ1) is 19.4. The second kappa shape index (κ2) is 7.95. The highest BCUT2D eigenvalue weighted by Gasteiger charge is 2.32. The molecule has 1 amide bonds. The van der Waals surface area contributed by atoms with Gasteiger partial charge in [-0.3, -0.25) is 4.79 Å². The minimum Gasteiger partial charge on any atom is -0.340 e. The molecule has 2 aromatic heterocycles. The van der Waals surface area contributed by atoms with E-state index in [4.69, 9.17) is 9.51 Å². The van der Waals surface area contributed by atoms with Crippen LogP contribution in [0, 0.1) is 5.92 Å². The Morgan fingerprint density at radius 2 is 1.77 bits per heavy atom. The zero-order valence-electron chi connectivity index (χ0n) is 17.6. The third-order valence-electron chi connectivity index (χ3n) is 5.65. The summed E-state index contributed by atoms with van der Waals surface area (Å²) in [6, 6.07) is 19.1. The first-order chi connectivity index (χ1) is 15.1. The highest BCUT2D eigenvalue weighted by Crippen LogP contribution is 2.38. The fraction of sp³-hybridized carbons (Fsp3) is 0.280. The number of para-hydroxylation sites is 1. The average Bonchev–Trinajstić information content (AvgIpc) is 3.54. The molecule has 4 aromatic rings. The lowest BCUT2D eigenvalue weighted by Gasteiger charge is -2.19. The summed E-state index contributed by atoms with van der Waals surface area (Å²) in [7, 11) is 0. The van der Waals surface area contributed by atoms with Crippen molar-refractivity contribution in [2.24, 2.45) is 5.92 Å². The van der Waals surface area contributed by atoms with Gasteiger partial charge in [-0.1, -0.05) is 67.5 Å². The molecule has 1 aliphatic rings. The number of amides is 1. The molecule has 1 saturated carbocycles. The van der Waals surface area contributed by atoms with E-state index in [-0.39, 0.29) is 17.9 Å². The van der Waals surface area contributed by atoms with Gasteiger partial charge in [0, 0.05) is 16.9 Å². The molecule has 1 aliphatic carbocycles. The van der Waals surface area contributed by atoms with Crippen molar-refractivity contribution in [3.8, 4) is 11.3 Å². The highest BCUT2D eigenvalue weighted by atomic mass is 16.5. The molecule has 5 rings (SSSR count). The Bertz CT molecular complexity index is 1230. The molecule has 6 nitrogen and oxygen atoms in total. The Kier molecular flexibility index (Phi) is 4.98. The van der Waals surface area contributed by atoms with Crippen LogP contribution in [0.4, 0.5) is 0 Å². The lowest BCUT2D eigenvalue weighted by Crippen LogP contribution is -2.32. The molecule has 1 unspecified atom stereocenters. The van der Waals surface area contributed by atoms with E-state index in [0.29, 0.717) is 17.4 Å². The molecule has 156 valence electrons. The van der Waals surface area contributed by atoms with E-state index in [1.54, 1.807) is 0 Å². The molecule has 2 heterocycles. The predicted molar refractivity (Wildman–Crippen MR) is 118 cm³/mol. The van der Waals surface area contributed by atoms with E-state index in [2.05, 4.69) is 15.5 Å². The van der Waals surface area contributed by atoms with Crippen LogP contribution < -0.4 is 5.32 Å². The maximum absolute atomic E-state index is 13.5. The number of hydrogen-bond donors (Lipinski definition) is 1. The SMILES string of the molecule is CC(C)C(NC(=O)c1cc(-c2ccccc2)nc2ccccc12)c1nc(C2CC2)no1. The Hall–Kier alpha value is -3.54. The molecule has 0 aliphatic heterocycles. The summed E-state index contributed by atoms with van der Waals surface area (Å²) in [6.07, 6.45) is 2.20. The lowest BCUT2D eigenvalue weighted by molar-refractivity contribution is 0.0915. The molecule has 0 bridgehead atoms. The summed E-state index contributed by atoms with van der Waals surface area (Å²) < 4.78 is 5.52. The largest absolute Gasteiger partial charge is 0.340 e. The Morgan fingerprint density at radius 1 is 1.03 bits per heavy atom. The van der Waals surface area contributed by atoms with Gasteiger partial charge in [0.15, 0.2) is 5.82 Å². The third-order valence-corrected chi connectivity index (χ3v) is 5.65. The number of hydrogen-bond acceptors (Lipinski definition) is 5. The van der Waals surface area contributed by atoms with E-state index in [9.17, 15) is 4.79 Å². The van der Waals surface area contributed by atoms with Crippen molar-refractivity contribution in [1.29, 1.82) is 0 Å². The molecule has 31 heavy (non-hydrogen) atoms. The third kappa shape index (κ3) is 3.93. The minimum atomic E-state index is -0.361. The predicted octanol–water partition coefficient (Wildman–Crippen LogP) is 5.29. The van der Waals surface area contributed by atoms with Crippen molar-refractivity contribution in [2.75, 3.05) is 0 Å². The number of nitrogens with one attached hydrogen (secondary N) is 1. The standard InChI is InChI=1S/C25H24N4O2/c1-15(2)22(25-28-23(29-31-25)17-12-13-17)27-24(30)19-14-21(16-8-4-3-5-9-16)26-20-11-7-6-10-18(19)20/h3-11,14-15,17,22H,12-13H2,1-2H3,(H,27,30). The maximum Gasteiger partial charge on any atom is 0.252 e. The van der Waals surface area contributed by atoms with Crippen LogP contribution in [0.15, 0.2) is 65.2 Å². The van der Waals surface area contributed by atoms with Crippen molar-refractivity contribution in [2.45, 2.75) is 38.6 Å². The number of nitrogens with zero attached hydrogens (tertiary/aromatic N) is 3. The monoisotopic (exact) mass is 412 g/mol. The second-order valence-corrected chi connectivity index (χ2v) is 8.40. The maximum atomic E-state index is 13.5. The van der Waals surface area contributed by atoms with E-state index >= 15 is 0 Å². The van der Waals surface area contributed by atoms with Gasteiger partial charge in [0.25, 0.3) is 5.91 Å². The zero-order valence-corrected chi connectivity index (χ0v) is 17.6. The van der Waals surface area contributed by atoms with Crippen molar-refractivity contribution in [3.05, 3.63) is 77.9 Å². The van der Waals surface area contributed by atoms with Crippen LogP contribution in [0.1, 0.15) is 60.7 Å². The number of aromatic nitrogens is 3. The van der Waals surface area contributed by atoms with Crippen LogP contribution >= 0.6 is 0 Å². The number of rotatable bonds is 6. The smallest absolute Gasteiger partial charge is 0.252 e. The summed E-state index contributed by atoms with van der Waals surface area (Å²) in [5.41, 5.74) is 3.09. The summed E-state index contributed by atoms with van der Waals surface area (Å²) in [5.74, 6) is 1.53. The van der Waals surface area contributed by atoms with Gasteiger partial charge in [-0.15, -0.1) is 0 Å². The number of carbonyl (C=O) groups excluding carboxylic acids is 1. The fourth-order valence-corrected chi connectivity index (χ4v) is 3.73. The number of benzene rings is 2. The number of fused-ring (bicyclic) bond motifs is 1. The quantitative estimate of drug-likeness (QED) is 0.465. The van der Waals surface area contributed by atoms with Crippen LogP contribution in [0.2, 0.25) is 0 Å². The van der Waals surface area contributed by atoms with Crippen LogP contribution in [0.5, 0.6) is 0 Å². The van der Waals surface area contributed by atoms with Crippen LogP contribution in [-0.2, 0) is 0 Å². The topological polar surface area (TPSA) is 80.9 Å². The normalized spacial score (nSPS) is 14.7. The minimum absolute atomic E-state index is 0.0955. The first-order valence-corrected chi connectivity index (χ1v) is 10.7. The highest BCUT2D eigenvalue weighted by molar-refractivity contribution is 6.07. The van der Waals surface area contributed by atoms with Gasteiger partial charge in [0.1, 0.15) is 6.04 Å². The fourth-order valence-electron chi connectivity index (χ4n) is 3.73. The average molecular weight is 412 g/mol.